The van der Waals surface area contributed by atoms with Gasteiger partial charge in [-0.25, -0.2) is 29.1 Å². The maximum absolute atomic E-state index is 13.4. The number of hydrogen-bond donors (Lipinski definition) is 3. The number of piperidine rings is 1. The largest absolute Gasteiger partial charge is 0.494 e. The number of aromatic nitrogens is 4. The van der Waals surface area contributed by atoms with Crippen LogP contribution in [0.15, 0.2) is 61.2 Å². The first-order valence-electron chi connectivity index (χ1n) is 14.9. The molecule has 0 radical (unpaired) electrons. The van der Waals surface area contributed by atoms with Crippen LogP contribution in [0.1, 0.15) is 55.5 Å². The van der Waals surface area contributed by atoms with Crippen molar-refractivity contribution < 1.29 is 23.5 Å². The molecule has 5 rings (SSSR count). The number of nitrogens with zero attached hydrogens (tertiary/aromatic N) is 5. The van der Waals surface area contributed by atoms with E-state index in [0.717, 1.165) is 30.8 Å². The van der Waals surface area contributed by atoms with Crippen LogP contribution in [0.25, 0.3) is 11.4 Å². The Bertz CT molecular complexity index is 1690. The van der Waals surface area contributed by atoms with Gasteiger partial charge in [0.05, 0.1) is 42.0 Å². The van der Waals surface area contributed by atoms with Gasteiger partial charge in [0.2, 0.25) is 0 Å². The van der Waals surface area contributed by atoms with Gasteiger partial charge < -0.3 is 30.3 Å². The molecule has 240 valence electrons. The fraction of sp³-hybridized carbons (Fsp3) is 0.333. The van der Waals surface area contributed by atoms with E-state index in [9.17, 15) is 14.0 Å². The van der Waals surface area contributed by atoms with Gasteiger partial charge in [0.25, 0.3) is 5.91 Å². The van der Waals surface area contributed by atoms with E-state index in [-0.39, 0.29) is 23.7 Å². The second-order valence-corrected chi connectivity index (χ2v) is 11.8. The number of para-hydroxylation sites is 1. The van der Waals surface area contributed by atoms with Crippen LogP contribution in [0, 0.1) is 5.82 Å². The lowest BCUT2D eigenvalue weighted by molar-refractivity contribution is 0.0204. The van der Waals surface area contributed by atoms with E-state index in [0.29, 0.717) is 53.0 Å². The van der Waals surface area contributed by atoms with Crippen LogP contribution in [0.4, 0.5) is 32.2 Å². The van der Waals surface area contributed by atoms with Crippen molar-refractivity contribution in [1.29, 1.82) is 0 Å². The van der Waals surface area contributed by atoms with Crippen molar-refractivity contribution >= 4 is 35.0 Å². The Morgan fingerprint density at radius 1 is 0.913 bits per heavy atom. The maximum atomic E-state index is 13.4. The molecule has 4 aromatic rings. The summed E-state index contributed by atoms with van der Waals surface area (Å²) in [5.41, 5.74) is 2.42. The number of pyridine rings is 2. The average molecular weight is 629 g/mol. The molecule has 12 nitrogen and oxygen atoms in total. The second-order valence-electron chi connectivity index (χ2n) is 11.8. The van der Waals surface area contributed by atoms with E-state index in [4.69, 9.17) is 9.47 Å². The van der Waals surface area contributed by atoms with Gasteiger partial charge in [0, 0.05) is 38.6 Å². The Balaban J connectivity index is 1.31. The zero-order valence-corrected chi connectivity index (χ0v) is 26.4. The van der Waals surface area contributed by atoms with Gasteiger partial charge in [0.1, 0.15) is 17.2 Å². The monoisotopic (exact) mass is 628 g/mol. The normalized spacial score (nSPS) is 13.6. The zero-order chi connectivity index (χ0) is 32.8. The van der Waals surface area contributed by atoms with Crippen molar-refractivity contribution in [3.8, 4) is 17.1 Å². The second kappa shape index (κ2) is 13.8. The highest BCUT2D eigenvalue weighted by Gasteiger charge is 2.27. The summed E-state index contributed by atoms with van der Waals surface area (Å²) in [5.74, 6) is 1.14. The summed E-state index contributed by atoms with van der Waals surface area (Å²) in [4.78, 5) is 44.1. The Labute approximate surface area is 266 Å². The van der Waals surface area contributed by atoms with Crippen LogP contribution in [0.3, 0.4) is 0 Å². The molecule has 1 aromatic carbocycles. The highest BCUT2D eigenvalue weighted by Crippen LogP contribution is 2.37. The minimum atomic E-state index is -0.547. The number of halogens is 1. The van der Waals surface area contributed by atoms with E-state index >= 15 is 0 Å². The summed E-state index contributed by atoms with van der Waals surface area (Å²) >= 11 is 0. The van der Waals surface area contributed by atoms with Crippen LogP contribution < -0.4 is 20.7 Å². The first-order valence-corrected chi connectivity index (χ1v) is 14.9. The lowest BCUT2D eigenvalue weighted by atomic mass is 9.90. The molecule has 4 heterocycles. The van der Waals surface area contributed by atoms with Gasteiger partial charge in [-0.3, -0.25) is 4.79 Å². The topological polar surface area (TPSA) is 143 Å². The Hall–Kier alpha value is -5.33. The molecule has 46 heavy (non-hydrogen) atoms. The predicted octanol–water partition coefficient (Wildman–Crippen LogP) is 6.04. The SMILES string of the molecule is CNC(=O)c1cnc(Nc2ccc(C3CCN(C(=O)OC(C)(C)C)CC3)cn2)cc1Nc1cccc(-c2ncc(F)cn2)c1OC. The summed E-state index contributed by atoms with van der Waals surface area (Å²) in [6.07, 6.45) is 6.84. The van der Waals surface area contributed by atoms with Crippen LogP contribution >= 0.6 is 0 Å². The molecule has 3 N–H and O–H groups in total. The van der Waals surface area contributed by atoms with Crippen molar-refractivity contribution in [2.75, 3.05) is 37.9 Å². The Morgan fingerprint density at radius 3 is 2.26 bits per heavy atom. The number of amides is 2. The third kappa shape index (κ3) is 7.65. The molecule has 13 heteroatoms. The third-order valence-electron chi connectivity index (χ3n) is 7.39. The van der Waals surface area contributed by atoms with Crippen LogP contribution in [0.5, 0.6) is 5.75 Å². The number of benzene rings is 1. The zero-order valence-electron chi connectivity index (χ0n) is 26.4. The number of nitrogens with one attached hydrogen (secondary N) is 3. The summed E-state index contributed by atoms with van der Waals surface area (Å²) in [5, 5.41) is 9.12. The molecule has 1 saturated heterocycles. The molecule has 1 aliphatic heterocycles. The maximum Gasteiger partial charge on any atom is 0.410 e. The van der Waals surface area contributed by atoms with Gasteiger partial charge in [0.15, 0.2) is 17.4 Å². The number of anilines is 4. The number of hydrogen-bond acceptors (Lipinski definition) is 10. The van der Waals surface area contributed by atoms with E-state index < -0.39 is 11.4 Å². The molecule has 1 fully saturated rings. The molecule has 0 spiro atoms. The van der Waals surface area contributed by atoms with E-state index in [1.54, 1.807) is 29.2 Å². The fourth-order valence-electron chi connectivity index (χ4n) is 5.14. The summed E-state index contributed by atoms with van der Waals surface area (Å²) in [7, 11) is 3.05. The predicted molar refractivity (Wildman–Crippen MR) is 172 cm³/mol. The quantitative estimate of drug-likeness (QED) is 0.211. The lowest BCUT2D eigenvalue weighted by Crippen LogP contribution is -2.41. The van der Waals surface area contributed by atoms with Crippen molar-refractivity contribution in [3.63, 3.8) is 0 Å². The van der Waals surface area contributed by atoms with Crippen molar-refractivity contribution in [2.45, 2.75) is 45.1 Å². The van der Waals surface area contributed by atoms with Crippen LogP contribution in [0.2, 0.25) is 0 Å². The smallest absolute Gasteiger partial charge is 0.410 e. The van der Waals surface area contributed by atoms with E-state index in [1.165, 1.54) is 20.4 Å². The molecule has 0 atom stereocenters. The molecular formula is C33H37FN8O4. The van der Waals surface area contributed by atoms with Gasteiger partial charge in [-0.1, -0.05) is 12.1 Å². The molecule has 3 aromatic heterocycles. The van der Waals surface area contributed by atoms with E-state index in [1.807, 2.05) is 39.1 Å². The molecule has 0 unspecified atom stereocenters. The summed E-state index contributed by atoms with van der Waals surface area (Å²) < 4.78 is 24.6. The first-order chi connectivity index (χ1) is 22.0. The molecular weight excluding hydrogens is 591 g/mol. The standard InChI is InChI=1S/C33H37FN8O4/c1-33(2,3)46-32(44)42-13-11-20(12-14-42)21-9-10-27(36-16-21)41-28-15-26(24(19-37-28)31(43)35-4)40-25-8-6-7-23(29(25)45-5)30-38-17-22(34)18-39-30/h6-10,15-20H,11-14H2,1-5H3,(H,35,43)(H2,36,37,40,41). The van der Waals surface area contributed by atoms with Crippen molar-refractivity contribution in [1.82, 2.24) is 30.2 Å². The molecule has 0 bridgehead atoms. The number of methoxy groups -OCH3 is 1. The summed E-state index contributed by atoms with van der Waals surface area (Å²) in [6, 6.07) is 10.9. The number of rotatable bonds is 8. The highest BCUT2D eigenvalue weighted by atomic mass is 19.1. The highest BCUT2D eigenvalue weighted by molar-refractivity contribution is 6.00. The Kier molecular flexibility index (Phi) is 9.59. The van der Waals surface area contributed by atoms with Gasteiger partial charge in [-0.05, 0) is 63.3 Å². The number of carbonyl (C=O) groups is 2. The first kappa shape index (κ1) is 32.1. The minimum Gasteiger partial charge on any atom is -0.494 e. The molecule has 0 saturated carbocycles. The molecule has 1 aliphatic rings. The number of likely N-dealkylation sites (tertiary alicyclic amines) is 1. The van der Waals surface area contributed by atoms with Crippen LogP contribution in [-0.4, -0.2) is 69.7 Å². The molecule has 0 aliphatic carbocycles. The average Bonchev–Trinajstić information content (AvgIpc) is 3.04. The number of carbonyl (C=O) groups excluding carboxylic acids is 2. The van der Waals surface area contributed by atoms with Crippen molar-refractivity contribution in [2.24, 2.45) is 0 Å². The molecule has 2 amide bonds. The lowest BCUT2D eigenvalue weighted by Gasteiger charge is -2.33. The van der Waals surface area contributed by atoms with Gasteiger partial charge in [-0.15, -0.1) is 0 Å². The van der Waals surface area contributed by atoms with Crippen molar-refractivity contribution in [3.05, 3.63) is 78.1 Å². The van der Waals surface area contributed by atoms with Gasteiger partial charge in [-0.2, -0.15) is 0 Å². The van der Waals surface area contributed by atoms with E-state index in [2.05, 4.69) is 35.9 Å². The van der Waals surface area contributed by atoms with Gasteiger partial charge >= 0.3 is 6.09 Å². The van der Waals surface area contributed by atoms with Crippen LogP contribution in [-0.2, 0) is 4.74 Å². The summed E-state index contributed by atoms with van der Waals surface area (Å²) in [6.45, 7) is 6.85. The minimum absolute atomic E-state index is 0.277. The third-order valence-corrected chi connectivity index (χ3v) is 7.39. The Morgan fingerprint density at radius 2 is 1.63 bits per heavy atom. The fourth-order valence-corrected chi connectivity index (χ4v) is 5.14. The number of ether oxygens (including phenoxy) is 2.